The maximum atomic E-state index is 12.8. The van der Waals surface area contributed by atoms with Gasteiger partial charge < -0.3 is 4.74 Å². The highest BCUT2D eigenvalue weighted by molar-refractivity contribution is 5.59. The molecule has 1 heterocycles. The van der Waals surface area contributed by atoms with Gasteiger partial charge in [-0.3, -0.25) is 0 Å². The van der Waals surface area contributed by atoms with Gasteiger partial charge in [0.1, 0.15) is 11.9 Å². The first-order chi connectivity index (χ1) is 13.4. The molecule has 2 aromatic carbocycles. The second-order valence-electron chi connectivity index (χ2n) is 6.73. The number of rotatable bonds is 6. The fourth-order valence-electron chi connectivity index (χ4n) is 3.00. The summed E-state index contributed by atoms with van der Waals surface area (Å²) >= 11 is 0. The van der Waals surface area contributed by atoms with Crippen LogP contribution in [0.5, 0.6) is 5.75 Å². The van der Waals surface area contributed by atoms with Crippen molar-refractivity contribution in [3.63, 3.8) is 0 Å². The Morgan fingerprint density at radius 1 is 0.964 bits per heavy atom. The molecule has 3 aromatic rings. The van der Waals surface area contributed by atoms with Crippen LogP contribution in [0.15, 0.2) is 66.7 Å². The number of hydrogen-bond donors (Lipinski definition) is 0. The summed E-state index contributed by atoms with van der Waals surface area (Å²) in [6, 6.07) is 18.4. The van der Waals surface area contributed by atoms with Crippen molar-refractivity contribution in [3.05, 3.63) is 83.6 Å². The van der Waals surface area contributed by atoms with Crippen LogP contribution in [0.2, 0.25) is 0 Å². The van der Waals surface area contributed by atoms with Crippen molar-refractivity contribution in [2.45, 2.75) is 39.0 Å². The largest absolute Gasteiger partial charge is 0.484 e. The molecule has 0 fully saturated rings. The van der Waals surface area contributed by atoms with E-state index in [2.05, 4.69) is 11.9 Å². The van der Waals surface area contributed by atoms with Crippen LogP contribution >= 0.6 is 0 Å². The molecular formula is C23H22F3NO. The van der Waals surface area contributed by atoms with Crippen LogP contribution in [0, 0.1) is 6.92 Å². The molecule has 0 saturated carbocycles. The molecular weight excluding hydrogens is 363 g/mol. The van der Waals surface area contributed by atoms with Crippen LogP contribution in [-0.2, 0) is 6.18 Å². The van der Waals surface area contributed by atoms with E-state index in [1.54, 1.807) is 6.07 Å². The van der Waals surface area contributed by atoms with Crippen molar-refractivity contribution >= 4 is 0 Å². The monoisotopic (exact) mass is 385 g/mol. The third kappa shape index (κ3) is 4.91. The van der Waals surface area contributed by atoms with Gasteiger partial charge in [-0.1, -0.05) is 43.7 Å². The quantitative estimate of drug-likeness (QED) is 0.456. The van der Waals surface area contributed by atoms with Gasteiger partial charge in [0, 0.05) is 5.56 Å². The fraction of sp³-hybridized carbons (Fsp3) is 0.261. The van der Waals surface area contributed by atoms with Crippen LogP contribution in [0.1, 0.15) is 42.7 Å². The van der Waals surface area contributed by atoms with Gasteiger partial charge in [0.15, 0.2) is 0 Å². The third-order valence-corrected chi connectivity index (χ3v) is 4.43. The van der Waals surface area contributed by atoms with Crippen molar-refractivity contribution in [3.8, 4) is 17.0 Å². The van der Waals surface area contributed by atoms with Crippen LogP contribution in [0.25, 0.3) is 11.3 Å². The zero-order valence-corrected chi connectivity index (χ0v) is 15.8. The number of hydrogen-bond acceptors (Lipinski definition) is 2. The number of pyridine rings is 1. The highest BCUT2D eigenvalue weighted by Crippen LogP contribution is 2.31. The molecule has 28 heavy (non-hydrogen) atoms. The zero-order valence-electron chi connectivity index (χ0n) is 15.8. The summed E-state index contributed by atoms with van der Waals surface area (Å²) in [4.78, 5) is 4.67. The van der Waals surface area contributed by atoms with E-state index in [0.29, 0.717) is 11.3 Å². The number of aryl methyl sites for hydroxylation is 1. The topological polar surface area (TPSA) is 22.1 Å². The Balaban J connectivity index is 1.87. The molecule has 0 aliphatic carbocycles. The molecule has 1 unspecified atom stereocenters. The van der Waals surface area contributed by atoms with Gasteiger partial charge in [-0.2, -0.15) is 13.2 Å². The predicted molar refractivity (Wildman–Crippen MR) is 104 cm³/mol. The number of halogens is 3. The summed E-state index contributed by atoms with van der Waals surface area (Å²) in [6.07, 6.45) is -2.86. The predicted octanol–water partition coefficient (Wildman–Crippen LogP) is 7.00. The minimum absolute atomic E-state index is 0.221. The maximum Gasteiger partial charge on any atom is 0.416 e. The Morgan fingerprint density at radius 3 is 2.32 bits per heavy atom. The highest BCUT2D eigenvalue weighted by Gasteiger charge is 2.30. The minimum atomic E-state index is -4.35. The normalized spacial score (nSPS) is 12.6. The van der Waals surface area contributed by atoms with Gasteiger partial charge in [-0.05, 0) is 55.3 Å². The highest BCUT2D eigenvalue weighted by atomic mass is 19.4. The lowest BCUT2D eigenvalue weighted by atomic mass is 10.1. The van der Waals surface area contributed by atoms with Crippen molar-refractivity contribution < 1.29 is 17.9 Å². The van der Waals surface area contributed by atoms with E-state index in [9.17, 15) is 13.2 Å². The average molecular weight is 385 g/mol. The number of alkyl halides is 3. The molecule has 146 valence electrons. The number of aromatic nitrogens is 1. The van der Waals surface area contributed by atoms with E-state index in [-0.39, 0.29) is 6.10 Å². The Morgan fingerprint density at radius 2 is 1.68 bits per heavy atom. The van der Waals surface area contributed by atoms with E-state index in [1.807, 2.05) is 43.3 Å². The molecule has 0 saturated heterocycles. The minimum Gasteiger partial charge on any atom is -0.484 e. The van der Waals surface area contributed by atoms with Crippen LogP contribution in [0.4, 0.5) is 13.2 Å². The molecule has 2 nitrogen and oxygen atoms in total. The summed E-state index contributed by atoms with van der Waals surface area (Å²) in [6.45, 7) is 4.08. The molecule has 1 atom stereocenters. The zero-order chi connectivity index (χ0) is 20.1. The Hall–Kier alpha value is -2.82. The van der Waals surface area contributed by atoms with E-state index in [4.69, 9.17) is 4.74 Å². The molecule has 0 bridgehead atoms. The lowest BCUT2D eigenvalue weighted by Gasteiger charge is -2.19. The molecule has 3 rings (SSSR count). The molecule has 0 radical (unpaired) electrons. The van der Waals surface area contributed by atoms with E-state index >= 15 is 0 Å². The lowest BCUT2D eigenvalue weighted by Crippen LogP contribution is -2.10. The number of benzene rings is 2. The van der Waals surface area contributed by atoms with Crippen LogP contribution < -0.4 is 4.74 Å². The Kier molecular flexibility index (Phi) is 6.02. The first-order valence-electron chi connectivity index (χ1n) is 9.24. The van der Waals surface area contributed by atoms with Crippen molar-refractivity contribution in [2.75, 3.05) is 0 Å². The Labute approximate surface area is 163 Å². The van der Waals surface area contributed by atoms with E-state index in [1.165, 1.54) is 12.1 Å². The van der Waals surface area contributed by atoms with Crippen LogP contribution in [0.3, 0.4) is 0 Å². The third-order valence-electron chi connectivity index (χ3n) is 4.43. The maximum absolute atomic E-state index is 12.8. The molecule has 1 aromatic heterocycles. The standard InChI is InChI=1S/C23H22F3NO/c1-3-6-22(28-19-8-4-7-16(2)15-19)21-10-5-9-20(27-21)17-11-13-18(14-12-17)23(24,25)26/h4-5,7-15,22H,3,6H2,1-2H3. The fourth-order valence-corrected chi connectivity index (χ4v) is 3.00. The van der Waals surface area contributed by atoms with Gasteiger partial charge in [0.2, 0.25) is 0 Å². The van der Waals surface area contributed by atoms with E-state index in [0.717, 1.165) is 42.0 Å². The van der Waals surface area contributed by atoms with Gasteiger partial charge in [0.05, 0.1) is 17.0 Å². The lowest BCUT2D eigenvalue weighted by molar-refractivity contribution is -0.137. The molecule has 5 heteroatoms. The van der Waals surface area contributed by atoms with Crippen LogP contribution in [-0.4, -0.2) is 4.98 Å². The molecule has 0 N–H and O–H groups in total. The summed E-state index contributed by atoms with van der Waals surface area (Å²) < 4.78 is 44.5. The molecule has 0 aliphatic heterocycles. The Bertz CT molecular complexity index is 920. The van der Waals surface area contributed by atoms with E-state index < -0.39 is 11.7 Å². The summed E-state index contributed by atoms with van der Waals surface area (Å²) in [5.41, 5.74) is 2.47. The summed E-state index contributed by atoms with van der Waals surface area (Å²) in [7, 11) is 0. The smallest absolute Gasteiger partial charge is 0.416 e. The molecule has 0 aliphatic rings. The summed E-state index contributed by atoms with van der Waals surface area (Å²) in [5.74, 6) is 0.778. The number of ether oxygens (including phenoxy) is 1. The summed E-state index contributed by atoms with van der Waals surface area (Å²) in [5, 5.41) is 0. The van der Waals surface area contributed by atoms with Crippen molar-refractivity contribution in [2.24, 2.45) is 0 Å². The van der Waals surface area contributed by atoms with Gasteiger partial charge >= 0.3 is 6.18 Å². The second-order valence-corrected chi connectivity index (χ2v) is 6.73. The van der Waals surface area contributed by atoms with Gasteiger partial charge in [-0.25, -0.2) is 4.98 Å². The SMILES string of the molecule is CCCC(Oc1cccc(C)c1)c1cccc(-c2ccc(C(F)(F)F)cc2)n1. The second kappa shape index (κ2) is 8.46. The first kappa shape index (κ1) is 19.9. The van der Waals surface area contributed by atoms with Crippen molar-refractivity contribution in [1.82, 2.24) is 4.98 Å². The van der Waals surface area contributed by atoms with Gasteiger partial charge in [0.25, 0.3) is 0 Å². The molecule has 0 amide bonds. The van der Waals surface area contributed by atoms with Gasteiger partial charge in [-0.15, -0.1) is 0 Å². The molecule has 0 spiro atoms. The number of nitrogens with zero attached hydrogens (tertiary/aromatic N) is 1. The van der Waals surface area contributed by atoms with Crippen molar-refractivity contribution in [1.29, 1.82) is 0 Å². The first-order valence-corrected chi connectivity index (χ1v) is 9.24. The average Bonchev–Trinajstić information content (AvgIpc) is 2.67.